The molecule has 0 aromatic heterocycles. The zero-order valence-electron chi connectivity index (χ0n) is 17.8. The first-order chi connectivity index (χ1) is 17.1. The van der Waals surface area contributed by atoms with Crippen LogP contribution in [0.2, 0.25) is 10.0 Å². The molecule has 35 heavy (non-hydrogen) atoms. The molecule has 0 saturated heterocycles. The van der Waals surface area contributed by atoms with Crippen molar-refractivity contribution in [3.8, 4) is 0 Å². The molecule has 0 spiro atoms. The van der Waals surface area contributed by atoms with Crippen LogP contribution in [-0.2, 0) is 12.7 Å². The molecule has 0 bridgehead atoms. The summed E-state index contributed by atoms with van der Waals surface area (Å²) in [6, 6.07) is 27.9. The van der Waals surface area contributed by atoms with Crippen LogP contribution in [0.25, 0.3) is 0 Å². The molecule has 0 N–H and O–H groups in total. The summed E-state index contributed by atoms with van der Waals surface area (Å²) >= 11 is 17.0. The van der Waals surface area contributed by atoms with Crippen molar-refractivity contribution in [2.45, 2.75) is 19.6 Å². The van der Waals surface area contributed by atoms with Crippen LogP contribution in [0.1, 0.15) is 11.1 Å². The predicted octanol–water partition coefficient (Wildman–Crippen LogP) is 10.5. The van der Waals surface area contributed by atoms with E-state index in [-0.39, 0.29) is 0 Å². The molecule has 180 valence electrons. The molecule has 0 fully saturated rings. The minimum absolute atomic E-state index is 0.569. The Morgan fingerprint density at radius 3 is 1.31 bits per heavy atom. The van der Waals surface area contributed by atoms with Crippen LogP contribution in [0, 0.1) is 0 Å². The van der Waals surface area contributed by atoms with E-state index in [0.29, 0.717) is 22.7 Å². The van der Waals surface area contributed by atoms with Crippen molar-refractivity contribution >= 4 is 90.9 Å². The van der Waals surface area contributed by atoms with Crippen LogP contribution in [0.15, 0.2) is 114 Å². The predicted molar refractivity (Wildman–Crippen MR) is 150 cm³/mol. The first kappa shape index (κ1) is 26.6. The van der Waals surface area contributed by atoms with Crippen molar-refractivity contribution in [2.75, 3.05) is 0 Å². The molecular formula is C26H16Cl4N2NiS2. The second kappa shape index (κ2) is 13.2. The van der Waals surface area contributed by atoms with Gasteiger partial charge in [-0.25, -0.2) is 0 Å². The molecule has 1 aliphatic rings. The molecule has 9 heteroatoms. The van der Waals surface area contributed by atoms with Crippen molar-refractivity contribution in [3.63, 3.8) is 0 Å². The minimum atomic E-state index is 0.569. The van der Waals surface area contributed by atoms with Gasteiger partial charge in [-0.2, -0.15) is 0 Å². The van der Waals surface area contributed by atoms with Gasteiger partial charge in [-0.15, -0.1) is 0 Å². The van der Waals surface area contributed by atoms with Crippen LogP contribution >= 0.6 is 67.1 Å². The van der Waals surface area contributed by atoms with Crippen molar-refractivity contribution in [3.05, 3.63) is 106 Å². The van der Waals surface area contributed by atoms with E-state index in [9.17, 15) is 0 Å². The van der Waals surface area contributed by atoms with E-state index in [4.69, 9.17) is 53.6 Å². The third-order valence-corrected chi connectivity index (χ3v) is 7.80. The normalized spacial score (nSPS) is 12.3. The fraction of sp³-hybridized carbons (Fsp3) is 0. The quantitative estimate of drug-likeness (QED) is 0.161. The molecule has 4 aromatic carbocycles. The fourth-order valence-electron chi connectivity index (χ4n) is 3.27. The number of benzene rings is 4. The van der Waals surface area contributed by atoms with Crippen LogP contribution < -0.4 is 0 Å². The molecule has 1 heterocycles. The van der Waals surface area contributed by atoms with Gasteiger partial charge < -0.3 is 0 Å². The topological polar surface area (TPSA) is 24.7 Å². The number of fused-ring (bicyclic) bond motifs is 4. The Morgan fingerprint density at radius 2 is 0.886 bits per heavy atom. The number of para-hydroxylation sites is 2. The van der Waals surface area contributed by atoms with Crippen LogP contribution in [0.4, 0.5) is 11.4 Å². The van der Waals surface area contributed by atoms with Gasteiger partial charge in [0.25, 0.3) is 0 Å². The van der Waals surface area contributed by atoms with Crippen LogP contribution in [-0.4, -0.2) is 12.4 Å². The summed E-state index contributed by atoms with van der Waals surface area (Å²) in [6.45, 7) is 0. The molecule has 0 atom stereocenters. The molecule has 0 aliphatic carbocycles. The third kappa shape index (κ3) is 6.87. The summed E-state index contributed by atoms with van der Waals surface area (Å²) in [7, 11) is 9.40. The summed E-state index contributed by atoms with van der Waals surface area (Å²) < 4.78 is 0. The summed E-state index contributed by atoms with van der Waals surface area (Å²) in [4.78, 5) is 13.7. The molecule has 0 unspecified atom stereocenters. The molecule has 4 aromatic rings. The fourth-order valence-corrected chi connectivity index (χ4v) is 5.88. The third-order valence-electron chi connectivity index (χ3n) is 4.86. The van der Waals surface area contributed by atoms with Gasteiger partial charge in [0.1, 0.15) is 0 Å². The van der Waals surface area contributed by atoms with E-state index in [2.05, 4.69) is 24.3 Å². The van der Waals surface area contributed by atoms with Crippen LogP contribution in [0.3, 0.4) is 0 Å². The average molecular weight is 621 g/mol. The molecule has 0 radical (unpaired) electrons. The standard InChI is InChI=1S/C26H16Cl2N2S2.2ClH.Ni/c27-19-7-6-14-24-17(19)15-29-21-9-1-3-11-25(21)31-23-13-5-8-20(28)18(23)16-30-22-10-2-4-12-26(22)32-24;;;/h1-16H;2*1H;/q;;;+2/p-2. The Bertz CT molecular complexity index is 1290. The molecular weight excluding hydrogens is 605 g/mol. The second-order valence-corrected chi connectivity index (χ2v) is 11.6. The number of nitrogens with zero attached hydrogens (tertiary/aromatic N) is 2. The Balaban J connectivity index is 0.000000917. The van der Waals surface area contributed by atoms with Gasteiger partial charge in [0.05, 0.1) is 21.4 Å². The number of rotatable bonds is 0. The van der Waals surface area contributed by atoms with Crippen molar-refractivity contribution < 1.29 is 12.7 Å². The maximum atomic E-state index is 6.58. The van der Waals surface area contributed by atoms with E-state index in [0.717, 1.165) is 42.1 Å². The van der Waals surface area contributed by atoms with E-state index < -0.39 is 0 Å². The summed E-state index contributed by atoms with van der Waals surface area (Å²) in [5.74, 6) is 0. The Kier molecular flexibility index (Phi) is 10.1. The SMILES string of the molecule is Clc1cccc2c1C=Nc1ccccc1Sc1cccc(Cl)c1C=Nc1ccccc1S2.[Cl][Ni][Cl]. The van der Waals surface area contributed by atoms with Crippen molar-refractivity contribution in [1.82, 2.24) is 0 Å². The van der Waals surface area contributed by atoms with Crippen molar-refractivity contribution in [1.29, 1.82) is 0 Å². The zero-order chi connectivity index (χ0) is 24.6. The van der Waals surface area contributed by atoms with Crippen molar-refractivity contribution in [2.24, 2.45) is 9.98 Å². The summed E-state index contributed by atoms with van der Waals surface area (Å²) in [6.07, 6.45) is 3.70. The van der Waals surface area contributed by atoms with E-state index in [1.165, 1.54) is 0 Å². The van der Waals surface area contributed by atoms with Crippen LogP contribution in [0.5, 0.6) is 0 Å². The molecule has 0 amide bonds. The molecule has 2 nitrogen and oxygen atoms in total. The number of hydrogen-bond donors (Lipinski definition) is 0. The number of aliphatic imine (C=N–C) groups is 2. The second-order valence-electron chi connectivity index (χ2n) is 7.00. The zero-order valence-corrected chi connectivity index (χ0v) is 23.4. The Hall–Kier alpha value is -1.43. The molecule has 0 saturated carbocycles. The number of hydrogen-bond acceptors (Lipinski definition) is 4. The first-order valence-electron chi connectivity index (χ1n) is 10.1. The molecule has 5 rings (SSSR count). The number of halogens is 4. The monoisotopic (exact) mass is 618 g/mol. The van der Waals surface area contributed by atoms with Gasteiger partial charge in [-0.3, -0.25) is 9.98 Å². The van der Waals surface area contributed by atoms with Gasteiger partial charge in [-0.05, 0) is 48.5 Å². The first-order valence-corrected chi connectivity index (χ1v) is 15.2. The van der Waals surface area contributed by atoms with E-state index in [1.807, 2.05) is 73.1 Å². The maximum absolute atomic E-state index is 6.58. The Labute approximate surface area is 237 Å². The summed E-state index contributed by atoms with van der Waals surface area (Å²) in [5.41, 5.74) is 3.51. The molecule has 1 aliphatic heterocycles. The summed E-state index contributed by atoms with van der Waals surface area (Å²) in [5, 5.41) is 1.32. The van der Waals surface area contributed by atoms with Gasteiger partial charge in [-0.1, -0.05) is 83.1 Å². The average Bonchev–Trinajstić information content (AvgIpc) is 2.85. The van der Waals surface area contributed by atoms with E-state index in [1.54, 1.807) is 23.5 Å². The van der Waals surface area contributed by atoms with Gasteiger partial charge >= 0.3 is 33.0 Å². The van der Waals surface area contributed by atoms with Gasteiger partial charge in [0.15, 0.2) is 0 Å². The van der Waals surface area contributed by atoms with E-state index >= 15 is 0 Å². The Morgan fingerprint density at radius 1 is 0.514 bits per heavy atom. The van der Waals surface area contributed by atoms with Gasteiger partial charge in [0.2, 0.25) is 0 Å². The van der Waals surface area contributed by atoms with Gasteiger partial charge in [0, 0.05) is 43.1 Å².